The molecule has 1 aliphatic rings. The van der Waals surface area contributed by atoms with Crippen LogP contribution < -0.4 is 0 Å². The number of hydrogen-bond donors (Lipinski definition) is 0. The lowest BCUT2D eigenvalue weighted by molar-refractivity contribution is 0.0605. The van der Waals surface area contributed by atoms with Gasteiger partial charge < -0.3 is 9.32 Å². The zero-order valence-electron chi connectivity index (χ0n) is 13.7. The van der Waals surface area contributed by atoms with Crippen molar-refractivity contribution < 1.29 is 9.21 Å². The van der Waals surface area contributed by atoms with Crippen molar-refractivity contribution in [3.63, 3.8) is 0 Å². The topological polar surface area (TPSA) is 36.7 Å². The molecular formula is C19H24N2O2. The first-order chi connectivity index (χ1) is 11.2. The number of hydrogen-bond acceptors (Lipinski definition) is 3. The van der Waals surface area contributed by atoms with E-state index in [1.165, 1.54) is 11.1 Å². The summed E-state index contributed by atoms with van der Waals surface area (Å²) in [6.07, 6.45) is 3.83. The van der Waals surface area contributed by atoms with Crippen LogP contribution in [-0.2, 0) is 6.42 Å². The van der Waals surface area contributed by atoms with Gasteiger partial charge in [-0.3, -0.25) is 9.69 Å². The lowest BCUT2D eigenvalue weighted by Gasteiger charge is -2.34. The van der Waals surface area contributed by atoms with E-state index in [-0.39, 0.29) is 5.91 Å². The van der Waals surface area contributed by atoms with Crippen molar-refractivity contribution in [2.45, 2.75) is 19.8 Å². The van der Waals surface area contributed by atoms with E-state index in [0.717, 1.165) is 45.6 Å². The lowest BCUT2D eigenvalue weighted by atomic mass is 10.1. The van der Waals surface area contributed by atoms with Gasteiger partial charge in [-0.1, -0.05) is 29.8 Å². The summed E-state index contributed by atoms with van der Waals surface area (Å²) in [6.45, 7) is 6.68. The molecule has 1 aromatic heterocycles. The third-order valence-electron chi connectivity index (χ3n) is 4.41. The second-order valence-corrected chi connectivity index (χ2v) is 6.20. The van der Waals surface area contributed by atoms with E-state index in [0.29, 0.717) is 5.76 Å². The molecule has 1 aliphatic heterocycles. The summed E-state index contributed by atoms with van der Waals surface area (Å²) in [4.78, 5) is 16.5. The van der Waals surface area contributed by atoms with Crippen LogP contribution in [0.15, 0.2) is 47.1 Å². The van der Waals surface area contributed by atoms with Crippen LogP contribution in [0.5, 0.6) is 0 Å². The predicted molar refractivity (Wildman–Crippen MR) is 90.6 cm³/mol. The average molecular weight is 312 g/mol. The van der Waals surface area contributed by atoms with Gasteiger partial charge in [-0.15, -0.1) is 0 Å². The van der Waals surface area contributed by atoms with Gasteiger partial charge in [0, 0.05) is 26.2 Å². The maximum Gasteiger partial charge on any atom is 0.289 e. The van der Waals surface area contributed by atoms with Crippen molar-refractivity contribution >= 4 is 5.91 Å². The van der Waals surface area contributed by atoms with Crippen molar-refractivity contribution in [3.8, 4) is 0 Å². The molecule has 4 heteroatoms. The Balaban J connectivity index is 1.40. The van der Waals surface area contributed by atoms with Gasteiger partial charge in [0.1, 0.15) is 0 Å². The average Bonchev–Trinajstić information content (AvgIpc) is 3.09. The summed E-state index contributed by atoms with van der Waals surface area (Å²) >= 11 is 0. The summed E-state index contributed by atoms with van der Waals surface area (Å²) in [5.74, 6) is 0.451. The molecule has 1 saturated heterocycles. The van der Waals surface area contributed by atoms with Crippen molar-refractivity contribution in [1.82, 2.24) is 9.80 Å². The van der Waals surface area contributed by atoms with Crippen molar-refractivity contribution in [1.29, 1.82) is 0 Å². The van der Waals surface area contributed by atoms with Crippen LogP contribution in [0.2, 0.25) is 0 Å². The number of amides is 1. The van der Waals surface area contributed by atoms with Crippen molar-refractivity contribution in [2.24, 2.45) is 0 Å². The number of furan rings is 1. The minimum absolute atomic E-state index is 0.00871. The highest BCUT2D eigenvalue weighted by molar-refractivity contribution is 5.91. The zero-order valence-corrected chi connectivity index (χ0v) is 13.7. The van der Waals surface area contributed by atoms with Crippen molar-refractivity contribution in [2.75, 3.05) is 32.7 Å². The quantitative estimate of drug-likeness (QED) is 0.851. The number of carbonyl (C=O) groups excluding carboxylic acids is 1. The molecular weight excluding hydrogens is 288 g/mol. The van der Waals surface area contributed by atoms with Crippen LogP contribution >= 0.6 is 0 Å². The monoisotopic (exact) mass is 312 g/mol. The number of piperazine rings is 1. The van der Waals surface area contributed by atoms with E-state index < -0.39 is 0 Å². The molecule has 0 saturated carbocycles. The first-order valence-electron chi connectivity index (χ1n) is 8.33. The highest BCUT2D eigenvalue weighted by Crippen LogP contribution is 2.11. The molecule has 1 amide bonds. The van der Waals surface area contributed by atoms with Gasteiger partial charge >= 0.3 is 0 Å². The van der Waals surface area contributed by atoms with Crippen LogP contribution in [0, 0.1) is 6.92 Å². The Morgan fingerprint density at radius 3 is 2.65 bits per heavy atom. The van der Waals surface area contributed by atoms with Gasteiger partial charge in [-0.05, 0) is 44.0 Å². The van der Waals surface area contributed by atoms with E-state index in [1.807, 2.05) is 4.90 Å². The van der Waals surface area contributed by atoms with Gasteiger partial charge in [0.05, 0.1) is 6.26 Å². The SMILES string of the molecule is Cc1cccc(CCCN2CCN(C(=O)c3ccco3)CC2)c1. The molecule has 3 rings (SSSR count). The number of carbonyl (C=O) groups is 1. The normalized spacial score (nSPS) is 15.8. The molecule has 23 heavy (non-hydrogen) atoms. The fourth-order valence-corrected chi connectivity index (χ4v) is 3.11. The third-order valence-corrected chi connectivity index (χ3v) is 4.41. The molecule has 0 spiro atoms. The lowest BCUT2D eigenvalue weighted by Crippen LogP contribution is -2.48. The number of nitrogens with zero attached hydrogens (tertiary/aromatic N) is 2. The minimum Gasteiger partial charge on any atom is -0.459 e. The molecule has 0 bridgehead atoms. The summed E-state index contributed by atoms with van der Waals surface area (Å²) in [6, 6.07) is 12.2. The van der Waals surface area contributed by atoms with Gasteiger partial charge in [0.2, 0.25) is 0 Å². The highest BCUT2D eigenvalue weighted by Gasteiger charge is 2.23. The summed E-state index contributed by atoms with van der Waals surface area (Å²) in [7, 11) is 0. The van der Waals surface area contributed by atoms with E-state index in [1.54, 1.807) is 18.4 Å². The Hall–Kier alpha value is -2.07. The Morgan fingerprint density at radius 2 is 1.96 bits per heavy atom. The Kier molecular flexibility index (Phi) is 5.13. The molecule has 0 atom stereocenters. The second-order valence-electron chi connectivity index (χ2n) is 6.20. The van der Waals surface area contributed by atoms with E-state index in [4.69, 9.17) is 4.42 Å². The number of rotatable bonds is 5. The largest absolute Gasteiger partial charge is 0.459 e. The second kappa shape index (κ2) is 7.47. The molecule has 122 valence electrons. The molecule has 1 aromatic carbocycles. The third kappa shape index (κ3) is 4.23. The van der Waals surface area contributed by atoms with Crippen LogP contribution in [0.3, 0.4) is 0 Å². The fraction of sp³-hybridized carbons (Fsp3) is 0.421. The molecule has 0 unspecified atom stereocenters. The first kappa shape index (κ1) is 15.8. The van der Waals surface area contributed by atoms with E-state index in [9.17, 15) is 4.79 Å². The van der Waals surface area contributed by atoms with Crippen LogP contribution in [0.25, 0.3) is 0 Å². The van der Waals surface area contributed by atoms with Crippen LogP contribution in [0.4, 0.5) is 0 Å². The Bertz CT molecular complexity index is 629. The van der Waals surface area contributed by atoms with E-state index >= 15 is 0 Å². The zero-order chi connectivity index (χ0) is 16.1. The Morgan fingerprint density at radius 1 is 1.13 bits per heavy atom. The molecule has 0 aliphatic carbocycles. The standard InChI is InChI=1S/C19H24N2O2/c1-16-5-2-6-17(15-16)7-3-9-20-10-12-21(13-11-20)19(22)18-8-4-14-23-18/h2,4-6,8,14-15H,3,7,9-13H2,1H3. The predicted octanol–water partition coefficient (Wildman–Crippen LogP) is 2.98. The van der Waals surface area contributed by atoms with Crippen LogP contribution in [0.1, 0.15) is 28.1 Å². The smallest absolute Gasteiger partial charge is 0.289 e. The Labute approximate surface area is 137 Å². The van der Waals surface area contributed by atoms with Gasteiger partial charge in [0.25, 0.3) is 5.91 Å². The molecule has 2 heterocycles. The maximum absolute atomic E-state index is 12.2. The van der Waals surface area contributed by atoms with Crippen LogP contribution in [-0.4, -0.2) is 48.4 Å². The summed E-state index contributed by atoms with van der Waals surface area (Å²) in [5, 5.41) is 0. The summed E-state index contributed by atoms with van der Waals surface area (Å²) in [5.41, 5.74) is 2.74. The van der Waals surface area contributed by atoms with E-state index in [2.05, 4.69) is 36.1 Å². The minimum atomic E-state index is 0.00871. The number of aryl methyl sites for hydroxylation is 2. The number of benzene rings is 1. The van der Waals surface area contributed by atoms with Crippen molar-refractivity contribution in [3.05, 3.63) is 59.5 Å². The molecule has 4 nitrogen and oxygen atoms in total. The fourth-order valence-electron chi connectivity index (χ4n) is 3.11. The molecule has 0 radical (unpaired) electrons. The summed E-state index contributed by atoms with van der Waals surface area (Å²) < 4.78 is 5.19. The molecule has 1 fully saturated rings. The van der Waals surface area contributed by atoms with Gasteiger partial charge in [-0.2, -0.15) is 0 Å². The van der Waals surface area contributed by atoms with Gasteiger partial charge in [0.15, 0.2) is 5.76 Å². The first-order valence-corrected chi connectivity index (χ1v) is 8.33. The maximum atomic E-state index is 12.2. The molecule has 2 aromatic rings. The van der Waals surface area contributed by atoms with Gasteiger partial charge in [-0.25, -0.2) is 0 Å². The highest BCUT2D eigenvalue weighted by atomic mass is 16.3. The molecule has 0 N–H and O–H groups in total.